The van der Waals surface area contributed by atoms with Crippen LogP contribution in [0.1, 0.15) is 44.4 Å². The summed E-state index contributed by atoms with van der Waals surface area (Å²) in [6, 6.07) is 5.25. The van der Waals surface area contributed by atoms with Gasteiger partial charge >= 0.3 is 5.97 Å². The van der Waals surface area contributed by atoms with Crippen LogP contribution in [-0.4, -0.2) is 41.5 Å². The molecule has 1 N–H and O–H groups in total. The van der Waals surface area contributed by atoms with Crippen LogP contribution in [0.2, 0.25) is 0 Å². The van der Waals surface area contributed by atoms with Crippen LogP contribution >= 0.6 is 0 Å². The molecule has 1 atom stereocenters. The highest BCUT2D eigenvalue weighted by Crippen LogP contribution is 2.43. The zero-order chi connectivity index (χ0) is 19.1. The first-order valence-electron chi connectivity index (χ1n) is 9.48. The lowest BCUT2D eigenvalue weighted by atomic mass is 9.87. The van der Waals surface area contributed by atoms with E-state index >= 15 is 0 Å². The van der Waals surface area contributed by atoms with Crippen molar-refractivity contribution >= 4 is 28.5 Å². The van der Waals surface area contributed by atoms with Crippen molar-refractivity contribution in [1.82, 2.24) is 9.88 Å². The second-order valence-corrected chi connectivity index (χ2v) is 6.93. The number of fused-ring (bicyclic) bond motifs is 5. The molecule has 0 unspecified atom stereocenters. The van der Waals surface area contributed by atoms with Gasteiger partial charge in [0.25, 0.3) is 0 Å². The van der Waals surface area contributed by atoms with Crippen LogP contribution in [0.4, 0.5) is 0 Å². The van der Waals surface area contributed by atoms with Gasteiger partial charge in [0, 0.05) is 23.7 Å². The lowest BCUT2D eigenvalue weighted by molar-refractivity contribution is -0.152. The van der Waals surface area contributed by atoms with Crippen molar-refractivity contribution < 1.29 is 19.1 Å². The van der Waals surface area contributed by atoms with E-state index in [0.717, 1.165) is 46.4 Å². The number of aromatic nitrogens is 1. The molecule has 3 heterocycles. The van der Waals surface area contributed by atoms with Gasteiger partial charge in [0.15, 0.2) is 0 Å². The van der Waals surface area contributed by atoms with Gasteiger partial charge in [-0.3, -0.25) is 9.69 Å². The molecule has 0 aliphatic carbocycles. The van der Waals surface area contributed by atoms with Gasteiger partial charge < -0.3 is 14.5 Å². The number of nitrogens with zero attached hydrogens (tertiary/aromatic N) is 1. The fraction of sp³-hybridized carbons (Fsp3) is 0.429. The maximum Gasteiger partial charge on any atom is 0.329 e. The predicted molar refractivity (Wildman–Crippen MR) is 102 cm³/mol. The molecular weight excluding hydrogens is 344 g/mol. The first kappa shape index (κ1) is 17.6. The van der Waals surface area contributed by atoms with E-state index in [1.54, 1.807) is 18.9 Å². The Labute approximate surface area is 158 Å². The molecule has 0 radical (unpaired) electrons. The van der Waals surface area contributed by atoms with Crippen molar-refractivity contribution in [2.45, 2.75) is 45.6 Å². The first-order valence-corrected chi connectivity index (χ1v) is 9.48. The van der Waals surface area contributed by atoms with E-state index in [2.05, 4.69) is 11.9 Å². The molecule has 0 saturated carbocycles. The van der Waals surface area contributed by atoms with Crippen molar-refractivity contribution in [2.75, 3.05) is 13.7 Å². The normalized spacial score (nSPS) is 19.1. The molecule has 1 aromatic carbocycles. The summed E-state index contributed by atoms with van der Waals surface area (Å²) in [5.41, 5.74) is 5.04. The third kappa shape index (κ3) is 2.71. The number of amides is 1. The standard InChI is InChI=1S/C21H24N2O4/c1-4-12-6-9-18(24)23-17(21(25)27-5-2)11-15-14-10-13(26-3)7-8-16(14)22-19(15)20(12)23/h7-8,10,17,22H,4-6,9,11H2,1-3H3/t17-/m0/s1. The Morgan fingerprint density at radius 2 is 2.11 bits per heavy atom. The average molecular weight is 368 g/mol. The molecular formula is C21H24N2O4. The second-order valence-electron chi connectivity index (χ2n) is 6.93. The summed E-state index contributed by atoms with van der Waals surface area (Å²) in [5.74, 6) is 0.412. The van der Waals surface area contributed by atoms with E-state index in [0.29, 0.717) is 19.4 Å². The van der Waals surface area contributed by atoms with Gasteiger partial charge in [-0.2, -0.15) is 0 Å². The van der Waals surface area contributed by atoms with Crippen LogP contribution < -0.4 is 4.74 Å². The number of aromatic amines is 1. The fourth-order valence-corrected chi connectivity index (χ4v) is 4.24. The molecule has 4 rings (SSSR count). The first-order chi connectivity index (χ1) is 13.1. The van der Waals surface area contributed by atoms with Crippen molar-refractivity contribution in [3.63, 3.8) is 0 Å². The van der Waals surface area contributed by atoms with Crippen LogP contribution in [0.5, 0.6) is 5.75 Å². The lowest BCUT2D eigenvalue weighted by Crippen LogP contribution is -2.50. The maximum absolute atomic E-state index is 12.8. The molecule has 0 saturated heterocycles. The number of rotatable bonds is 4. The van der Waals surface area contributed by atoms with Gasteiger partial charge in [-0.15, -0.1) is 0 Å². The summed E-state index contributed by atoms with van der Waals surface area (Å²) < 4.78 is 10.7. The number of H-pyrrole nitrogens is 1. The van der Waals surface area contributed by atoms with Crippen LogP contribution in [0, 0.1) is 0 Å². The number of esters is 1. The van der Waals surface area contributed by atoms with E-state index in [9.17, 15) is 9.59 Å². The zero-order valence-corrected chi connectivity index (χ0v) is 15.9. The van der Waals surface area contributed by atoms with Crippen molar-refractivity contribution in [3.8, 4) is 5.75 Å². The van der Waals surface area contributed by atoms with Gasteiger partial charge in [0.05, 0.1) is 25.1 Å². The number of allylic oxidation sites excluding steroid dienone is 1. The number of carbonyl (C=O) groups is 2. The Kier molecular flexibility index (Phi) is 4.42. The molecule has 27 heavy (non-hydrogen) atoms. The SMILES string of the molecule is CCOC(=O)[C@@H]1Cc2c([nH]c3ccc(OC)cc23)C2=C(CC)CCC(=O)N21. The predicted octanol–water partition coefficient (Wildman–Crippen LogP) is 3.41. The highest BCUT2D eigenvalue weighted by molar-refractivity contribution is 6.00. The van der Waals surface area contributed by atoms with E-state index in [1.807, 2.05) is 18.2 Å². The Bertz CT molecular complexity index is 956. The summed E-state index contributed by atoms with van der Waals surface area (Å²) in [7, 11) is 1.64. The van der Waals surface area contributed by atoms with E-state index in [4.69, 9.17) is 9.47 Å². The summed E-state index contributed by atoms with van der Waals surface area (Å²) in [5, 5.41) is 1.03. The molecule has 0 spiro atoms. The van der Waals surface area contributed by atoms with Crippen molar-refractivity contribution in [3.05, 3.63) is 35.0 Å². The molecule has 2 aliphatic heterocycles. The largest absolute Gasteiger partial charge is 0.497 e. The number of carbonyl (C=O) groups excluding carboxylic acids is 2. The van der Waals surface area contributed by atoms with E-state index < -0.39 is 6.04 Å². The smallest absolute Gasteiger partial charge is 0.329 e. The molecule has 2 aliphatic rings. The molecule has 0 bridgehead atoms. The number of hydrogen-bond donors (Lipinski definition) is 1. The van der Waals surface area contributed by atoms with E-state index in [1.165, 1.54) is 5.57 Å². The van der Waals surface area contributed by atoms with Gasteiger partial charge in [-0.25, -0.2) is 4.79 Å². The summed E-state index contributed by atoms with van der Waals surface area (Å²) in [4.78, 5) is 30.7. The van der Waals surface area contributed by atoms with Crippen molar-refractivity contribution in [2.24, 2.45) is 0 Å². The van der Waals surface area contributed by atoms with Crippen LogP contribution in [0.25, 0.3) is 16.6 Å². The minimum Gasteiger partial charge on any atom is -0.497 e. The molecule has 1 aromatic heterocycles. The lowest BCUT2D eigenvalue weighted by Gasteiger charge is -2.40. The van der Waals surface area contributed by atoms with Gasteiger partial charge in [-0.1, -0.05) is 6.92 Å². The van der Waals surface area contributed by atoms with Crippen LogP contribution in [0.3, 0.4) is 0 Å². The number of nitrogens with one attached hydrogen (secondary N) is 1. The number of hydrogen-bond acceptors (Lipinski definition) is 4. The van der Waals surface area contributed by atoms with Gasteiger partial charge in [-0.05, 0) is 49.1 Å². The molecule has 6 heteroatoms. The molecule has 0 fully saturated rings. The van der Waals surface area contributed by atoms with Gasteiger partial charge in [0.2, 0.25) is 5.91 Å². The highest BCUT2D eigenvalue weighted by Gasteiger charge is 2.43. The number of ether oxygens (including phenoxy) is 2. The van der Waals surface area contributed by atoms with E-state index in [-0.39, 0.29) is 11.9 Å². The van der Waals surface area contributed by atoms with Crippen LogP contribution in [-0.2, 0) is 20.7 Å². The monoisotopic (exact) mass is 368 g/mol. The molecule has 1 amide bonds. The third-order valence-corrected chi connectivity index (χ3v) is 5.53. The molecule has 6 nitrogen and oxygen atoms in total. The van der Waals surface area contributed by atoms with Gasteiger partial charge in [0.1, 0.15) is 11.8 Å². The summed E-state index contributed by atoms with van der Waals surface area (Å²) >= 11 is 0. The number of methoxy groups -OCH3 is 1. The summed E-state index contributed by atoms with van der Waals surface area (Å²) in [6.45, 7) is 4.18. The quantitative estimate of drug-likeness (QED) is 0.840. The second kappa shape index (κ2) is 6.76. The third-order valence-electron chi connectivity index (χ3n) is 5.53. The maximum atomic E-state index is 12.8. The average Bonchev–Trinajstić information content (AvgIpc) is 3.05. The molecule has 2 aromatic rings. The Hall–Kier alpha value is -2.76. The summed E-state index contributed by atoms with van der Waals surface area (Å²) in [6.07, 6.45) is 2.45. The minimum absolute atomic E-state index is 0.0119. The van der Waals surface area contributed by atoms with Crippen LogP contribution in [0.15, 0.2) is 23.8 Å². The topological polar surface area (TPSA) is 71.6 Å². The Balaban J connectivity index is 1.96. The highest BCUT2D eigenvalue weighted by atomic mass is 16.5. The number of benzene rings is 1. The zero-order valence-electron chi connectivity index (χ0n) is 15.9. The Morgan fingerprint density at radius 1 is 1.30 bits per heavy atom. The minimum atomic E-state index is -0.619. The van der Waals surface area contributed by atoms with Crippen molar-refractivity contribution in [1.29, 1.82) is 0 Å². The fourth-order valence-electron chi connectivity index (χ4n) is 4.24. The molecule has 142 valence electrons. The Morgan fingerprint density at radius 3 is 2.81 bits per heavy atom.